The molecule has 0 saturated heterocycles. The fourth-order valence-corrected chi connectivity index (χ4v) is 0.411. The van der Waals surface area contributed by atoms with Crippen LogP contribution < -0.4 is 51.4 Å². The van der Waals surface area contributed by atoms with E-state index in [-0.39, 0.29) is 51.4 Å². The predicted octanol–water partition coefficient (Wildman–Crippen LogP) is -2.13. The molecule has 1 rings (SSSR count). The van der Waals surface area contributed by atoms with Crippen molar-refractivity contribution < 1.29 is 51.4 Å². The molecule has 0 atom stereocenters. The number of nitrogens with zero attached hydrogens (tertiary/aromatic N) is 2. The van der Waals surface area contributed by atoms with Crippen LogP contribution in [0.15, 0.2) is 18.3 Å². The van der Waals surface area contributed by atoms with Gasteiger partial charge in [0.05, 0.1) is 0 Å². The predicted molar refractivity (Wildman–Crippen MR) is 31.6 cm³/mol. The zero-order valence-corrected chi connectivity index (χ0v) is 8.33. The molecule has 0 bridgehead atoms. The van der Waals surface area contributed by atoms with Crippen LogP contribution in [0, 0.1) is 6.20 Å². The topological polar surface area (TPSA) is 35.2 Å². The molecule has 0 aliphatic rings. The maximum Gasteiger partial charge on any atom is 1.00 e. The molecular formula is C6H4KN2-. The first-order valence-corrected chi connectivity index (χ1v) is 2.23. The van der Waals surface area contributed by atoms with E-state index in [1.807, 2.05) is 0 Å². The minimum Gasteiger partial charge on any atom is -0.862 e. The van der Waals surface area contributed by atoms with Crippen molar-refractivity contribution in [2.45, 2.75) is 0 Å². The Morgan fingerprint density at radius 1 is 1.67 bits per heavy atom. The number of rotatable bonds is 1. The molecular weight excluding hydrogens is 139 g/mol. The van der Waals surface area contributed by atoms with Crippen molar-refractivity contribution >= 4 is 6.21 Å². The van der Waals surface area contributed by atoms with Crippen LogP contribution in [0.25, 0.3) is 5.41 Å². The zero-order chi connectivity index (χ0) is 5.82. The molecule has 0 saturated carbocycles. The second-order valence-electron chi connectivity index (χ2n) is 1.33. The van der Waals surface area contributed by atoms with Crippen molar-refractivity contribution in [1.29, 1.82) is 0 Å². The van der Waals surface area contributed by atoms with E-state index in [9.17, 15) is 0 Å². The third-order valence-electron chi connectivity index (χ3n) is 0.769. The summed E-state index contributed by atoms with van der Waals surface area (Å²) in [4.78, 5) is 3.64. The molecule has 0 unspecified atom stereocenters. The van der Waals surface area contributed by atoms with Gasteiger partial charge in [0, 0.05) is 0 Å². The summed E-state index contributed by atoms with van der Waals surface area (Å²) in [7, 11) is 0. The molecule has 0 radical (unpaired) electrons. The largest absolute Gasteiger partial charge is 1.00 e. The smallest absolute Gasteiger partial charge is 0.862 e. The molecule has 0 N–H and O–H groups in total. The Kier molecular flexibility index (Phi) is 5.52. The molecule has 40 valence electrons. The Bertz CT molecular complexity index is 174. The second kappa shape index (κ2) is 5.26. The van der Waals surface area contributed by atoms with Crippen molar-refractivity contribution in [3.05, 3.63) is 35.5 Å². The average Bonchev–Trinajstić information content (AvgIpc) is 1.90. The van der Waals surface area contributed by atoms with Crippen molar-refractivity contribution in [3.8, 4) is 0 Å². The quantitative estimate of drug-likeness (QED) is 0.251. The standard InChI is InChI=1S/C6H4N2.K/c7-4-6-2-1-3-8-5-6;/h1-4H;/q-2;+1. The molecule has 0 aliphatic heterocycles. The molecule has 3 heteroatoms. The van der Waals surface area contributed by atoms with E-state index in [1.54, 1.807) is 18.3 Å². The Morgan fingerprint density at radius 3 is 2.78 bits per heavy atom. The summed E-state index contributed by atoms with van der Waals surface area (Å²) < 4.78 is 0. The van der Waals surface area contributed by atoms with Crippen molar-refractivity contribution in [2.75, 3.05) is 0 Å². The first-order valence-electron chi connectivity index (χ1n) is 2.23. The minimum absolute atomic E-state index is 0. The molecule has 2 nitrogen and oxygen atoms in total. The normalized spacial score (nSPS) is 7.56. The number of hydrogen-bond acceptors (Lipinski definition) is 1. The first-order chi connectivity index (χ1) is 3.93. The number of aromatic nitrogens is 1. The van der Waals surface area contributed by atoms with E-state index in [4.69, 9.17) is 5.41 Å². The summed E-state index contributed by atoms with van der Waals surface area (Å²) in [6.07, 6.45) is 5.13. The van der Waals surface area contributed by atoms with Crippen LogP contribution in [0.5, 0.6) is 0 Å². The van der Waals surface area contributed by atoms with E-state index >= 15 is 0 Å². The Hall–Kier alpha value is 0.456. The molecule has 0 fully saturated rings. The van der Waals surface area contributed by atoms with E-state index in [0.717, 1.165) is 6.21 Å². The van der Waals surface area contributed by atoms with Crippen LogP contribution in [0.3, 0.4) is 0 Å². The van der Waals surface area contributed by atoms with E-state index < -0.39 is 0 Å². The number of hydrogen-bond donors (Lipinski definition) is 0. The number of pyridine rings is 1. The van der Waals surface area contributed by atoms with E-state index in [0.29, 0.717) is 5.56 Å². The van der Waals surface area contributed by atoms with Gasteiger partial charge in [-0.25, -0.2) is 0 Å². The fraction of sp³-hybridized carbons (Fsp3) is 0. The van der Waals surface area contributed by atoms with Crippen LogP contribution >= 0.6 is 0 Å². The van der Waals surface area contributed by atoms with Crippen LogP contribution in [0.2, 0.25) is 0 Å². The van der Waals surface area contributed by atoms with Gasteiger partial charge in [0.15, 0.2) is 0 Å². The average molecular weight is 143 g/mol. The Balaban J connectivity index is 0.000000640. The summed E-state index contributed by atoms with van der Waals surface area (Å²) in [5.41, 5.74) is 0.604. The van der Waals surface area contributed by atoms with Crippen LogP contribution in [-0.2, 0) is 0 Å². The molecule has 1 aromatic heterocycles. The van der Waals surface area contributed by atoms with E-state index in [2.05, 4.69) is 11.2 Å². The molecule has 0 aromatic carbocycles. The van der Waals surface area contributed by atoms with Gasteiger partial charge in [0.2, 0.25) is 0 Å². The van der Waals surface area contributed by atoms with Gasteiger partial charge in [-0.05, 0) is 6.20 Å². The minimum atomic E-state index is 0. The molecule has 0 amide bonds. The zero-order valence-electron chi connectivity index (χ0n) is 5.20. The second-order valence-corrected chi connectivity index (χ2v) is 1.33. The Labute approximate surface area is 96.6 Å². The van der Waals surface area contributed by atoms with Crippen LogP contribution in [0.4, 0.5) is 0 Å². The van der Waals surface area contributed by atoms with Gasteiger partial charge in [0.1, 0.15) is 0 Å². The maximum absolute atomic E-state index is 8.34. The van der Waals surface area contributed by atoms with Crippen molar-refractivity contribution in [3.63, 3.8) is 0 Å². The summed E-state index contributed by atoms with van der Waals surface area (Å²) in [5, 5.41) is 8.34. The van der Waals surface area contributed by atoms with Gasteiger partial charge >= 0.3 is 51.4 Å². The summed E-state index contributed by atoms with van der Waals surface area (Å²) in [6, 6.07) is 3.45. The van der Waals surface area contributed by atoms with E-state index in [1.165, 1.54) is 0 Å². The van der Waals surface area contributed by atoms with Gasteiger partial charge in [-0.15, -0.1) is 12.1 Å². The monoisotopic (exact) mass is 143 g/mol. The third-order valence-corrected chi connectivity index (χ3v) is 0.769. The molecule has 9 heavy (non-hydrogen) atoms. The van der Waals surface area contributed by atoms with Crippen molar-refractivity contribution in [1.82, 2.24) is 4.98 Å². The third kappa shape index (κ3) is 3.22. The van der Waals surface area contributed by atoms with Gasteiger partial charge in [-0.3, -0.25) is 6.21 Å². The summed E-state index contributed by atoms with van der Waals surface area (Å²) in [5.74, 6) is 0. The first kappa shape index (κ1) is 9.46. The molecule has 0 aliphatic carbocycles. The van der Waals surface area contributed by atoms with Crippen LogP contribution in [-0.4, -0.2) is 11.2 Å². The van der Waals surface area contributed by atoms with Gasteiger partial charge < -0.3 is 10.4 Å². The summed E-state index contributed by atoms with van der Waals surface area (Å²) in [6.45, 7) is 0. The SMILES string of the molecule is [K+].[N-]=Cc1[c-]nccc1. The Morgan fingerprint density at radius 2 is 2.44 bits per heavy atom. The fourth-order valence-electron chi connectivity index (χ4n) is 0.411. The summed E-state index contributed by atoms with van der Waals surface area (Å²) >= 11 is 0. The van der Waals surface area contributed by atoms with Gasteiger partial charge in [-0.1, -0.05) is 6.20 Å². The molecule has 1 aromatic rings. The molecule has 1 heterocycles. The maximum atomic E-state index is 8.34. The van der Waals surface area contributed by atoms with Crippen LogP contribution in [0.1, 0.15) is 5.56 Å². The molecule has 0 spiro atoms. The van der Waals surface area contributed by atoms with Gasteiger partial charge in [0.25, 0.3) is 0 Å². The van der Waals surface area contributed by atoms with Crippen molar-refractivity contribution in [2.24, 2.45) is 0 Å². The van der Waals surface area contributed by atoms with Gasteiger partial charge in [-0.2, -0.15) is 5.56 Å².